The maximum absolute atomic E-state index is 12.2. The number of benzene rings is 1. The van der Waals surface area contributed by atoms with E-state index in [-0.39, 0.29) is 11.2 Å². The first kappa shape index (κ1) is 16.5. The number of nitrogens with zero attached hydrogens (tertiary/aromatic N) is 1. The molecule has 0 amide bonds. The SMILES string of the molecule is Cc1cc(S(=O)(=O)CCCCC(C)(C)C#N)ccc1N. The molecule has 1 rings (SSSR count). The van der Waals surface area contributed by atoms with Crippen LogP contribution in [0.15, 0.2) is 23.1 Å². The van der Waals surface area contributed by atoms with Gasteiger partial charge in [-0.1, -0.05) is 6.42 Å². The largest absolute Gasteiger partial charge is 0.399 e. The molecule has 110 valence electrons. The average molecular weight is 294 g/mol. The van der Waals surface area contributed by atoms with Crippen molar-refractivity contribution < 1.29 is 8.42 Å². The van der Waals surface area contributed by atoms with Crippen LogP contribution in [0.5, 0.6) is 0 Å². The molecule has 5 heteroatoms. The Morgan fingerprint density at radius 3 is 2.50 bits per heavy atom. The van der Waals surface area contributed by atoms with Crippen molar-refractivity contribution in [3.8, 4) is 6.07 Å². The topological polar surface area (TPSA) is 84.0 Å². The van der Waals surface area contributed by atoms with Gasteiger partial charge in [-0.05, 0) is 57.4 Å². The lowest BCUT2D eigenvalue weighted by molar-refractivity contribution is 0.431. The van der Waals surface area contributed by atoms with Crippen molar-refractivity contribution in [2.24, 2.45) is 5.41 Å². The van der Waals surface area contributed by atoms with Gasteiger partial charge in [0.05, 0.1) is 22.1 Å². The first-order valence-corrected chi connectivity index (χ1v) is 8.33. The Morgan fingerprint density at radius 1 is 1.30 bits per heavy atom. The van der Waals surface area contributed by atoms with Crippen molar-refractivity contribution in [3.63, 3.8) is 0 Å². The minimum absolute atomic E-state index is 0.109. The van der Waals surface area contributed by atoms with Crippen molar-refractivity contribution in [2.45, 2.75) is 44.9 Å². The molecule has 2 N–H and O–H groups in total. The summed E-state index contributed by atoms with van der Waals surface area (Å²) in [7, 11) is -3.26. The third kappa shape index (κ3) is 4.53. The first-order valence-electron chi connectivity index (χ1n) is 6.68. The lowest BCUT2D eigenvalue weighted by Crippen LogP contribution is -2.11. The van der Waals surface area contributed by atoms with E-state index in [2.05, 4.69) is 6.07 Å². The van der Waals surface area contributed by atoms with Crippen LogP contribution < -0.4 is 5.73 Å². The fraction of sp³-hybridized carbons (Fsp3) is 0.533. The smallest absolute Gasteiger partial charge is 0.178 e. The fourth-order valence-electron chi connectivity index (χ4n) is 1.87. The van der Waals surface area contributed by atoms with Crippen molar-refractivity contribution in [3.05, 3.63) is 23.8 Å². The van der Waals surface area contributed by atoms with Crippen LogP contribution in [0.4, 0.5) is 5.69 Å². The van der Waals surface area contributed by atoms with Crippen LogP contribution in [0.2, 0.25) is 0 Å². The molecule has 0 aliphatic heterocycles. The van der Waals surface area contributed by atoms with Crippen LogP contribution in [0.1, 0.15) is 38.7 Å². The molecule has 1 aromatic carbocycles. The second-order valence-corrected chi connectivity index (χ2v) is 7.90. The quantitative estimate of drug-likeness (QED) is 0.645. The minimum atomic E-state index is -3.26. The first-order chi connectivity index (χ1) is 9.18. The molecule has 0 saturated carbocycles. The van der Waals surface area contributed by atoms with Gasteiger partial charge < -0.3 is 5.73 Å². The highest BCUT2D eigenvalue weighted by Gasteiger charge is 2.18. The monoisotopic (exact) mass is 294 g/mol. The molecule has 0 bridgehead atoms. The highest BCUT2D eigenvalue weighted by molar-refractivity contribution is 7.91. The van der Waals surface area contributed by atoms with Crippen molar-refractivity contribution in [1.29, 1.82) is 5.26 Å². The fourth-order valence-corrected chi connectivity index (χ4v) is 3.33. The zero-order chi connectivity index (χ0) is 15.4. The van der Waals surface area contributed by atoms with Crippen LogP contribution >= 0.6 is 0 Å². The van der Waals surface area contributed by atoms with Crippen LogP contribution in [-0.4, -0.2) is 14.2 Å². The van der Waals surface area contributed by atoms with E-state index >= 15 is 0 Å². The maximum atomic E-state index is 12.2. The van der Waals surface area contributed by atoms with Crippen molar-refractivity contribution >= 4 is 15.5 Å². The van der Waals surface area contributed by atoms with Gasteiger partial charge in [-0.15, -0.1) is 0 Å². The number of hydrogen-bond donors (Lipinski definition) is 1. The standard InChI is InChI=1S/C15H22N2O2S/c1-12-10-13(6-7-14(12)17)20(18,19)9-5-4-8-15(2,3)11-16/h6-7,10H,4-5,8-9,17H2,1-3H3. The molecule has 0 fully saturated rings. The number of aryl methyl sites for hydroxylation is 1. The number of nitrogens with two attached hydrogens (primary N) is 1. The predicted octanol–water partition coefficient (Wildman–Crippen LogP) is 3.07. The van der Waals surface area contributed by atoms with Gasteiger partial charge in [-0.3, -0.25) is 0 Å². The number of rotatable bonds is 6. The van der Waals surface area contributed by atoms with E-state index < -0.39 is 9.84 Å². The Labute approximate surface area is 121 Å². The molecule has 0 saturated heterocycles. The molecule has 4 nitrogen and oxygen atoms in total. The molecule has 0 aromatic heterocycles. The lowest BCUT2D eigenvalue weighted by atomic mass is 9.89. The van der Waals surface area contributed by atoms with E-state index in [0.717, 1.165) is 12.0 Å². The zero-order valence-electron chi connectivity index (χ0n) is 12.3. The molecular weight excluding hydrogens is 272 g/mol. The summed E-state index contributed by atoms with van der Waals surface area (Å²) < 4.78 is 24.4. The van der Waals surface area contributed by atoms with E-state index in [1.807, 2.05) is 13.8 Å². The average Bonchev–Trinajstić information content (AvgIpc) is 2.38. The summed E-state index contributed by atoms with van der Waals surface area (Å²) in [5, 5.41) is 8.91. The zero-order valence-corrected chi connectivity index (χ0v) is 13.1. The van der Waals surface area contributed by atoms with E-state index in [0.29, 0.717) is 23.4 Å². The third-order valence-corrected chi connectivity index (χ3v) is 5.17. The summed E-state index contributed by atoms with van der Waals surface area (Å²) in [6, 6.07) is 7.01. The van der Waals surface area contributed by atoms with Crippen LogP contribution in [0.3, 0.4) is 0 Å². The van der Waals surface area contributed by atoms with Gasteiger partial charge in [0.1, 0.15) is 0 Å². The lowest BCUT2D eigenvalue weighted by Gasteiger charge is -2.14. The van der Waals surface area contributed by atoms with Gasteiger partial charge in [-0.25, -0.2) is 8.42 Å². The molecular formula is C15H22N2O2S. The summed E-state index contributed by atoms with van der Waals surface area (Å²) in [5.74, 6) is 0.109. The molecule has 0 unspecified atom stereocenters. The Bertz CT molecular complexity index is 613. The van der Waals surface area contributed by atoms with Crippen LogP contribution in [0, 0.1) is 23.7 Å². The second kappa shape index (κ2) is 6.27. The summed E-state index contributed by atoms with van der Waals surface area (Å²) in [6.45, 7) is 5.53. The molecule has 20 heavy (non-hydrogen) atoms. The van der Waals surface area contributed by atoms with Gasteiger partial charge in [0, 0.05) is 5.69 Å². The van der Waals surface area contributed by atoms with Gasteiger partial charge in [0.15, 0.2) is 9.84 Å². The van der Waals surface area contributed by atoms with E-state index in [9.17, 15) is 8.42 Å². The Balaban J connectivity index is 2.63. The van der Waals surface area contributed by atoms with Gasteiger partial charge >= 0.3 is 0 Å². The molecule has 0 aliphatic rings. The number of unbranched alkanes of at least 4 members (excludes halogenated alkanes) is 1. The molecule has 0 radical (unpaired) electrons. The summed E-state index contributed by atoms with van der Waals surface area (Å²) in [4.78, 5) is 0.323. The maximum Gasteiger partial charge on any atom is 0.178 e. The Kier molecular flexibility index (Phi) is 5.18. The summed E-state index contributed by atoms with van der Waals surface area (Å²) in [5.41, 5.74) is 6.68. The number of nitriles is 1. The number of sulfone groups is 1. The second-order valence-electron chi connectivity index (χ2n) is 5.79. The van der Waals surface area contributed by atoms with Crippen LogP contribution in [0.25, 0.3) is 0 Å². The highest BCUT2D eigenvalue weighted by Crippen LogP contribution is 2.23. The number of nitrogen functional groups attached to an aromatic ring is 1. The van der Waals surface area contributed by atoms with E-state index in [4.69, 9.17) is 11.0 Å². The van der Waals surface area contributed by atoms with Gasteiger partial charge in [0.2, 0.25) is 0 Å². The summed E-state index contributed by atoms with van der Waals surface area (Å²) >= 11 is 0. The Morgan fingerprint density at radius 2 is 1.95 bits per heavy atom. The third-order valence-electron chi connectivity index (χ3n) is 3.37. The predicted molar refractivity (Wildman–Crippen MR) is 80.9 cm³/mol. The molecule has 0 atom stereocenters. The van der Waals surface area contributed by atoms with Crippen LogP contribution in [-0.2, 0) is 9.84 Å². The molecule has 0 heterocycles. The number of anilines is 1. The van der Waals surface area contributed by atoms with Gasteiger partial charge in [0.25, 0.3) is 0 Å². The molecule has 1 aromatic rings. The van der Waals surface area contributed by atoms with E-state index in [1.54, 1.807) is 25.1 Å². The minimum Gasteiger partial charge on any atom is -0.399 e. The summed E-state index contributed by atoms with van der Waals surface area (Å²) in [6.07, 6.45) is 2.00. The molecule has 0 spiro atoms. The Hall–Kier alpha value is -1.54. The van der Waals surface area contributed by atoms with Crippen molar-refractivity contribution in [1.82, 2.24) is 0 Å². The highest BCUT2D eigenvalue weighted by atomic mass is 32.2. The van der Waals surface area contributed by atoms with Gasteiger partial charge in [-0.2, -0.15) is 5.26 Å². The van der Waals surface area contributed by atoms with Crippen molar-refractivity contribution in [2.75, 3.05) is 11.5 Å². The number of hydrogen-bond acceptors (Lipinski definition) is 4. The normalized spacial score (nSPS) is 12.1. The molecule has 0 aliphatic carbocycles. The van der Waals surface area contributed by atoms with E-state index in [1.165, 1.54) is 0 Å².